The van der Waals surface area contributed by atoms with E-state index in [4.69, 9.17) is 19.9 Å². The summed E-state index contributed by atoms with van der Waals surface area (Å²) in [5, 5.41) is 9.58. The van der Waals surface area contributed by atoms with Gasteiger partial charge in [0.15, 0.2) is 0 Å². The van der Waals surface area contributed by atoms with Crippen molar-refractivity contribution in [3.63, 3.8) is 0 Å². The summed E-state index contributed by atoms with van der Waals surface area (Å²) >= 11 is 0. The summed E-state index contributed by atoms with van der Waals surface area (Å²) in [6, 6.07) is 152. The number of hydrogen-bond donors (Lipinski definition) is 0. The van der Waals surface area contributed by atoms with Crippen LogP contribution in [0.2, 0.25) is 0 Å². The first-order valence-electron chi connectivity index (χ1n) is 40.0. The van der Waals surface area contributed by atoms with Gasteiger partial charge < -0.3 is 9.13 Å². The van der Waals surface area contributed by atoms with Gasteiger partial charge in [-0.3, -0.25) is 9.13 Å². The number of aromatic nitrogens is 8. The minimum Gasteiger partial charge on any atom is -0.309 e. The summed E-state index contributed by atoms with van der Waals surface area (Å²) in [6.07, 6.45) is 3.75. The molecule has 0 radical (unpaired) electrons. The maximum absolute atomic E-state index is 5.28. The van der Waals surface area contributed by atoms with Gasteiger partial charge in [-0.15, -0.1) is 0 Å². The van der Waals surface area contributed by atoms with Gasteiger partial charge in [-0.2, -0.15) is 0 Å². The minimum absolute atomic E-state index is 0.642. The Kier molecular flexibility index (Phi) is 17.1. The second-order valence-corrected chi connectivity index (χ2v) is 30.1. The van der Waals surface area contributed by atoms with Crippen LogP contribution in [0.25, 0.3) is 211 Å². The lowest BCUT2D eigenvalue weighted by atomic mass is 9.95. The first kappa shape index (κ1) is 68.9. The Balaban J connectivity index is 0.000000143. The molecule has 0 spiro atoms. The number of rotatable bonds is 13. The Labute approximate surface area is 681 Å². The fraction of sp³-hybridized carbons (Fsp3) is 0. The number of hydrogen-bond acceptors (Lipinski definition) is 4. The molecule has 0 aliphatic rings. The molecule has 118 heavy (non-hydrogen) atoms. The van der Waals surface area contributed by atoms with Crippen molar-refractivity contribution in [2.45, 2.75) is 0 Å². The SMILES string of the molecule is c1ccc(-c2cc(-c3ccccc3)cc(-c3ccnc(-n4c5ccccc5c5cc(-c6ccc7c(c6)c6ccccc6n7-c6ccccc6)ccc54)n3)c2)cc1.c1ccc(-c2ccc(-c3cccc(-c4ccnc(-n5c6ccccc6c6cc(-c7ccc8c(c7)c7cc(-c9ccccc9)ccc7n8-c7ccccc7)ccc65)n4)c3)cc2)cc1. The smallest absolute Gasteiger partial charge is 0.235 e. The molecule has 6 heterocycles. The van der Waals surface area contributed by atoms with E-state index in [0.29, 0.717) is 11.9 Å². The van der Waals surface area contributed by atoms with Crippen LogP contribution in [0.3, 0.4) is 0 Å². The highest BCUT2D eigenvalue weighted by molar-refractivity contribution is 6.15. The van der Waals surface area contributed by atoms with Crippen molar-refractivity contribution in [3.8, 4) is 124 Å². The van der Waals surface area contributed by atoms with Gasteiger partial charge in [-0.05, 0) is 217 Å². The molecule has 0 amide bonds. The lowest BCUT2D eigenvalue weighted by Gasteiger charge is -2.12. The van der Waals surface area contributed by atoms with Crippen LogP contribution in [0, 0.1) is 0 Å². The summed E-state index contributed by atoms with van der Waals surface area (Å²) in [7, 11) is 0. The molecule has 17 aromatic carbocycles. The van der Waals surface area contributed by atoms with Gasteiger partial charge in [-0.25, -0.2) is 19.9 Å². The van der Waals surface area contributed by atoms with E-state index in [2.05, 4.69) is 431 Å². The van der Waals surface area contributed by atoms with E-state index in [1.165, 1.54) is 93.7 Å². The summed E-state index contributed by atoms with van der Waals surface area (Å²) in [4.78, 5) is 20.3. The Morgan fingerprint density at radius 1 is 0.144 bits per heavy atom. The van der Waals surface area contributed by atoms with E-state index in [1.54, 1.807) is 0 Å². The van der Waals surface area contributed by atoms with Gasteiger partial charge >= 0.3 is 0 Å². The fourth-order valence-corrected chi connectivity index (χ4v) is 17.6. The molecule has 0 saturated carbocycles. The molecular weight excluding hydrogens is 1430 g/mol. The number of nitrogens with zero attached hydrogens (tertiary/aromatic N) is 8. The van der Waals surface area contributed by atoms with Crippen molar-refractivity contribution in [3.05, 3.63) is 437 Å². The molecule has 23 rings (SSSR count). The lowest BCUT2D eigenvalue weighted by Crippen LogP contribution is -2.01. The van der Waals surface area contributed by atoms with Gasteiger partial charge in [0.25, 0.3) is 0 Å². The van der Waals surface area contributed by atoms with Crippen LogP contribution in [0.1, 0.15) is 0 Å². The normalized spacial score (nSPS) is 11.6. The zero-order valence-corrected chi connectivity index (χ0v) is 64.1. The van der Waals surface area contributed by atoms with Gasteiger partial charge in [-0.1, -0.05) is 285 Å². The second kappa shape index (κ2) is 29.3. The predicted molar refractivity (Wildman–Crippen MR) is 490 cm³/mol. The van der Waals surface area contributed by atoms with Crippen LogP contribution in [0.5, 0.6) is 0 Å². The van der Waals surface area contributed by atoms with E-state index in [9.17, 15) is 0 Å². The summed E-state index contributed by atoms with van der Waals surface area (Å²) in [6.45, 7) is 0. The monoisotopic (exact) mass is 1500 g/mol. The Morgan fingerprint density at radius 3 is 0.780 bits per heavy atom. The van der Waals surface area contributed by atoms with Gasteiger partial charge in [0.2, 0.25) is 11.9 Å². The molecule has 0 fully saturated rings. The molecule has 6 aromatic heterocycles. The number of benzene rings is 17. The van der Waals surface area contributed by atoms with Crippen LogP contribution in [0.15, 0.2) is 437 Å². The summed E-state index contributed by atoms with van der Waals surface area (Å²) in [5.74, 6) is 1.28. The minimum atomic E-state index is 0.642. The van der Waals surface area contributed by atoms with Crippen LogP contribution in [0.4, 0.5) is 0 Å². The maximum Gasteiger partial charge on any atom is 0.235 e. The van der Waals surface area contributed by atoms with E-state index in [1.807, 2.05) is 24.5 Å². The third kappa shape index (κ3) is 12.4. The molecule has 0 aliphatic carbocycles. The van der Waals surface area contributed by atoms with Gasteiger partial charge in [0.05, 0.1) is 55.5 Å². The second-order valence-electron chi connectivity index (χ2n) is 30.1. The molecule has 0 N–H and O–H groups in total. The summed E-state index contributed by atoms with van der Waals surface area (Å²) in [5.41, 5.74) is 31.6. The van der Waals surface area contributed by atoms with E-state index < -0.39 is 0 Å². The highest BCUT2D eigenvalue weighted by Gasteiger charge is 2.22. The molecule has 23 aromatic rings. The Bertz CT molecular complexity index is 7700. The third-order valence-corrected chi connectivity index (χ3v) is 23.2. The largest absolute Gasteiger partial charge is 0.309 e. The topological polar surface area (TPSA) is 71.3 Å². The van der Waals surface area contributed by atoms with Crippen molar-refractivity contribution in [1.82, 2.24) is 38.2 Å². The lowest BCUT2D eigenvalue weighted by molar-refractivity contribution is 0.992. The van der Waals surface area contributed by atoms with Crippen molar-refractivity contribution in [2.75, 3.05) is 0 Å². The standard InChI is InChI=1S/C58H38N4.C52H34N4/c1-4-13-39(14-5-1)41-23-25-42(26-24-41)43-17-12-18-47(35-43)53-33-34-59-58(60-53)62-54-22-11-10-21-49(54)50-37-45(29-32-57(50)62)46-28-31-56-52(38-46)51-36-44(40-15-6-2-7-16-40)27-30-55(51)61(56)48-19-8-3-9-20-48;1-4-14-35(15-5-1)39-30-40(36-16-6-2-7-17-36)32-41(31-39)47-28-29-53-52(54-47)56-49-23-13-11-21-44(49)46-34-38(25-27-51(46)56)37-24-26-50-45(33-37)43-20-10-12-22-48(43)55(50)42-18-8-3-9-19-42/h1-38H;1-34H. The van der Waals surface area contributed by atoms with E-state index >= 15 is 0 Å². The zero-order valence-electron chi connectivity index (χ0n) is 64.1. The molecule has 8 nitrogen and oxygen atoms in total. The van der Waals surface area contributed by atoms with Crippen molar-refractivity contribution in [1.29, 1.82) is 0 Å². The average Bonchev–Trinajstić information content (AvgIpc) is 1.59. The number of fused-ring (bicyclic) bond motifs is 12. The Morgan fingerprint density at radius 2 is 0.381 bits per heavy atom. The zero-order chi connectivity index (χ0) is 78.0. The maximum atomic E-state index is 5.28. The highest BCUT2D eigenvalue weighted by Crippen LogP contribution is 2.43. The van der Waals surface area contributed by atoms with Crippen LogP contribution < -0.4 is 0 Å². The summed E-state index contributed by atoms with van der Waals surface area (Å²) < 4.78 is 9.15. The number of para-hydroxylation sites is 5. The van der Waals surface area contributed by atoms with Crippen LogP contribution >= 0.6 is 0 Å². The molecule has 0 atom stereocenters. The molecule has 0 bridgehead atoms. The molecule has 8 heteroatoms. The molecule has 0 unspecified atom stereocenters. The van der Waals surface area contributed by atoms with Crippen molar-refractivity contribution >= 4 is 87.2 Å². The first-order chi connectivity index (χ1) is 58.5. The quantitative estimate of drug-likeness (QED) is 0.115. The molecular formula is C110H72N8. The third-order valence-electron chi connectivity index (χ3n) is 23.2. The van der Waals surface area contributed by atoms with Crippen molar-refractivity contribution < 1.29 is 0 Å². The molecule has 0 saturated heterocycles. The Hall–Kier alpha value is -15.9. The van der Waals surface area contributed by atoms with Crippen molar-refractivity contribution in [2.24, 2.45) is 0 Å². The fourth-order valence-electron chi connectivity index (χ4n) is 17.6. The van der Waals surface area contributed by atoms with Gasteiger partial charge in [0, 0.05) is 78.0 Å². The van der Waals surface area contributed by atoms with Gasteiger partial charge in [0.1, 0.15) is 0 Å². The predicted octanol–water partition coefficient (Wildman–Crippen LogP) is 28.3. The van der Waals surface area contributed by atoms with E-state index in [0.717, 1.165) is 105 Å². The molecule has 552 valence electrons. The molecule has 0 aliphatic heterocycles. The van der Waals surface area contributed by atoms with E-state index in [-0.39, 0.29) is 0 Å². The average molecular weight is 1510 g/mol. The van der Waals surface area contributed by atoms with Crippen LogP contribution in [-0.4, -0.2) is 38.2 Å². The highest BCUT2D eigenvalue weighted by atomic mass is 15.2. The van der Waals surface area contributed by atoms with Crippen LogP contribution in [-0.2, 0) is 0 Å². The first-order valence-corrected chi connectivity index (χ1v) is 40.0.